The molecule has 0 amide bonds. The summed E-state index contributed by atoms with van der Waals surface area (Å²) in [5.41, 5.74) is 1.10. The van der Waals surface area contributed by atoms with Gasteiger partial charge in [-0.1, -0.05) is 19.1 Å². The Hall–Kier alpha value is -1.91. The first-order valence-corrected chi connectivity index (χ1v) is 5.28. The van der Waals surface area contributed by atoms with Gasteiger partial charge in [-0.3, -0.25) is 10.3 Å². The van der Waals surface area contributed by atoms with Crippen LogP contribution >= 0.6 is 0 Å². The highest BCUT2D eigenvalue weighted by atomic mass is 16.5. The molecule has 2 aromatic rings. The van der Waals surface area contributed by atoms with Crippen LogP contribution in [0.5, 0.6) is 5.75 Å². The molecule has 16 heavy (non-hydrogen) atoms. The molecule has 5 heteroatoms. The van der Waals surface area contributed by atoms with Gasteiger partial charge in [0.2, 0.25) is 0 Å². The highest BCUT2D eigenvalue weighted by Crippen LogP contribution is 2.15. The quantitative estimate of drug-likeness (QED) is 0.753. The third kappa shape index (κ3) is 2.79. The average Bonchev–Trinajstić information content (AvgIpc) is 2.80. The van der Waals surface area contributed by atoms with E-state index < -0.39 is 0 Å². The Bertz CT molecular complexity index is 427. The van der Waals surface area contributed by atoms with Crippen molar-refractivity contribution in [2.45, 2.75) is 19.8 Å². The molecule has 0 saturated carbocycles. The van der Waals surface area contributed by atoms with E-state index in [0.717, 1.165) is 24.3 Å². The van der Waals surface area contributed by atoms with Gasteiger partial charge in [-0.2, -0.15) is 5.21 Å². The zero-order valence-electron chi connectivity index (χ0n) is 9.13. The number of benzene rings is 1. The summed E-state index contributed by atoms with van der Waals surface area (Å²) in [7, 11) is 0. The molecule has 0 atom stereocenters. The number of aromatic nitrogens is 4. The normalized spacial score (nSPS) is 10.3. The van der Waals surface area contributed by atoms with Crippen LogP contribution in [-0.4, -0.2) is 22.1 Å². The van der Waals surface area contributed by atoms with Gasteiger partial charge in [0.1, 0.15) is 5.75 Å². The Morgan fingerprint density at radius 1 is 1.38 bits per heavy atom. The third-order valence-corrected chi connectivity index (χ3v) is 2.09. The van der Waals surface area contributed by atoms with E-state index in [1.165, 1.54) is 0 Å². The van der Waals surface area contributed by atoms with Crippen LogP contribution in [0.15, 0.2) is 24.3 Å². The fraction of sp³-hybridized carbons (Fsp3) is 0.364. The molecule has 0 saturated heterocycles. The third-order valence-electron chi connectivity index (χ3n) is 2.09. The molecular weight excluding hydrogens is 204 g/mol. The molecule has 0 bridgehead atoms. The predicted molar refractivity (Wildman–Crippen MR) is 58.2 cm³/mol. The van der Waals surface area contributed by atoms with E-state index in [-0.39, 0.29) is 0 Å². The SMILES string of the molecule is CCCOc1cccc(Cc2nnn[n-]2)c1. The van der Waals surface area contributed by atoms with Crippen LogP contribution in [0.3, 0.4) is 0 Å². The van der Waals surface area contributed by atoms with Crippen LogP contribution in [0.25, 0.3) is 0 Å². The Labute approximate surface area is 93.8 Å². The predicted octanol–water partition coefficient (Wildman–Crippen LogP) is 1.21. The molecule has 0 radical (unpaired) electrons. The first-order chi connectivity index (χ1) is 7.88. The molecule has 0 N–H and O–H groups in total. The Morgan fingerprint density at radius 2 is 2.31 bits per heavy atom. The topological polar surface area (TPSA) is 62.0 Å². The standard InChI is InChI=1S/C11H13N4O/c1-2-6-16-10-5-3-4-9(7-10)8-11-12-14-15-13-11/h3-5,7H,2,6,8H2,1H3/q-1. The molecule has 0 aliphatic rings. The number of hydrogen-bond donors (Lipinski definition) is 0. The molecule has 2 rings (SSSR count). The van der Waals surface area contributed by atoms with Crippen LogP contribution in [-0.2, 0) is 6.42 Å². The van der Waals surface area contributed by atoms with E-state index in [1.807, 2.05) is 24.3 Å². The Balaban J connectivity index is 2.04. The molecule has 5 nitrogen and oxygen atoms in total. The maximum Gasteiger partial charge on any atom is 0.119 e. The molecule has 0 fully saturated rings. The van der Waals surface area contributed by atoms with Gasteiger partial charge in [0.05, 0.1) is 6.61 Å². The van der Waals surface area contributed by atoms with Gasteiger partial charge >= 0.3 is 0 Å². The number of rotatable bonds is 5. The maximum atomic E-state index is 5.54. The first-order valence-electron chi connectivity index (χ1n) is 5.28. The molecule has 1 heterocycles. The van der Waals surface area contributed by atoms with Gasteiger partial charge in [0.25, 0.3) is 0 Å². The number of tetrazole rings is 1. The van der Waals surface area contributed by atoms with Gasteiger partial charge in [-0.05, 0) is 24.1 Å². The minimum absolute atomic E-state index is 0.632. The monoisotopic (exact) mass is 217 g/mol. The summed E-state index contributed by atoms with van der Waals surface area (Å²) < 4.78 is 5.54. The van der Waals surface area contributed by atoms with E-state index in [9.17, 15) is 0 Å². The number of hydrogen-bond acceptors (Lipinski definition) is 4. The minimum atomic E-state index is 0.632. The van der Waals surface area contributed by atoms with Crippen molar-refractivity contribution in [1.29, 1.82) is 0 Å². The largest absolute Gasteiger partial charge is 0.494 e. The van der Waals surface area contributed by atoms with Crippen molar-refractivity contribution >= 4 is 0 Å². The molecule has 0 spiro atoms. The van der Waals surface area contributed by atoms with Gasteiger partial charge in [0.15, 0.2) is 0 Å². The van der Waals surface area contributed by atoms with Crippen LogP contribution < -0.4 is 9.84 Å². The van der Waals surface area contributed by atoms with Crippen LogP contribution in [0.2, 0.25) is 0 Å². The lowest BCUT2D eigenvalue weighted by Gasteiger charge is -2.06. The second-order valence-corrected chi connectivity index (χ2v) is 3.47. The highest BCUT2D eigenvalue weighted by Gasteiger charge is 1.97. The zero-order valence-corrected chi connectivity index (χ0v) is 9.13. The fourth-order valence-corrected chi connectivity index (χ4v) is 1.38. The van der Waals surface area contributed by atoms with Crippen molar-refractivity contribution in [3.63, 3.8) is 0 Å². The molecule has 0 aliphatic heterocycles. The Kier molecular flexibility index (Phi) is 3.48. The van der Waals surface area contributed by atoms with Crippen LogP contribution in [0.4, 0.5) is 0 Å². The lowest BCUT2D eigenvalue weighted by Crippen LogP contribution is -1.97. The van der Waals surface area contributed by atoms with E-state index in [4.69, 9.17) is 4.74 Å². The second kappa shape index (κ2) is 5.25. The summed E-state index contributed by atoms with van der Waals surface area (Å²) in [6.07, 6.45) is 1.64. The zero-order chi connectivity index (χ0) is 11.2. The lowest BCUT2D eigenvalue weighted by molar-refractivity contribution is 0.317. The van der Waals surface area contributed by atoms with Gasteiger partial charge in [0, 0.05) is 12.2 Å². The van der Waals surface area contributed by atoms with Crippen molar-refractivity contribution < 1.29 is 4.74 Å². The smallest absolute Gasteiger partial charge is 0.119 e. The van der Waals surface area contributed by atoms with E-state index >= 15 is 0 Å². The molecule has 0 unspecified atom stereocenters. The lowest BCUT2D eigenvalue weighted by atomic mass is 10.1. The minimum Gasteiger partial charge on any atom is -0.494 e. The van der Waals surface area contributed by atoms with E-state index in [2.05, 4.69) is 27.5 Å². The summed E-state index contributed by atoms with van der Waals surface area (Å²) in [5, 5.41) is 14.5. The van der Waals surface area contributed by atoms with Crippen molar-refractivity contribution in [3.05, 3.63) is 35.7 Å². The van der Waals surface area contributed by atoms with Gasteiger partial charge in [-0.15, -0.1) is 0 Å². The summed E-state index contributed by atoms with van der Waals surface area (Å²) in [4.78, 5) is 0. The van der Waals surface area contributed by atoms with Crippen molar-refractivity contribution in [3.8, 4) is 5.75 Å². The number of ether oxygens (including phenoxy) is 1. The molecule has 84 valence electrons. The average molecular weight is 217 g/mol. The van der Waals surface area contributed by atoms with Crippen LogP contribution in [0, 0.1) is 0 Å². The first kappa shape index (κ1) is 10.6. The summed E-state index contributed by atoms with van der Waals surface area (Å²) >= 11 is 0. The summed E-state index contributed by atoms with van der Waals surface area (Å²) in [6, 6.07) is 7.91. The van der Waals surface area contributed by atoms with Crippen LogP contribution in [0.1, 0.15) is 24.7 Å². The Morgan fingerprint density at radius 3 is 3.06 bits per heavy atom. The fourth-order valence-electron chi connectivity index (χ4n) is 1.38. The van der Waals surface area contributed by atoms with E-state index in [1.54, 1.807) is 0 Å². The van der Waals surface area contributed by atoms with Crippen molar-refractivity contribution in [2.75, 3.05) is 6.61 Å². The molecule has 0 aliphatic carbocycles. The highest BCUT2D eigenvalue weighted by molar-refractivity contribution is 5.29. The van der Waals surface area contributed by atoms with Gasteiger partial charge < -0.3 is 9.84 Å². The maximum absolute atomic E-state index is 5.54. The van der Waals surface area contributed by atoms with Gasteiger partial charge in [-0.25, -0.2) is 0 Å². The summed E-state index contributed by atoms with van der Waals surface area (Å²) in [5.74, 6) is 1.51. The summed E-state index contributed by atoms with van der Waals surface area (Å²) in [6.45, 7) is 2.82. The molecule has 1 aromatic heterocycles. The second-order valence-electron chi connectivity index (χ2n) is 3.47. The van der Waals surface area contributed by atoms with Crippen molar-refractivity contribution in [2.24, 2.45) is 0 Å². The van der Waals surface area contributed by atoms with Crippen molar-refractivity contribution in [1.82, 2.24) is 20.6 Å². The number of nitrogens with zero attached hydrogens (tertiary/aromatic N) is 4. The molecular formula is C11H13N4O-. The molecule has 1 aromatic carbocycles. The van der Waals surface area contributed by atoms with E-state index in [0.29, 0.717) is 12.2 Å².